The predicted molar refractivity (Wildman–Crippen MR) is 237 cm³/mol. The molecule has 2 aliphatic carbocycles. The number of hydrogen-bond acceptors (Lipinski definition) is 14. The standard InChI is InChI=1S/C44H54ClN5O11S2/c1-11-22-19-44(22,39(54)49-63(56,57)24-12-13-24)48-37(52)27-16-23(21-50(27)38(53)25(41(2,3)4)17-32(51)61-42(5,6)7)59-30-18-26(31-20-46-40(62-31)43(8,9)55)47-35-33-28(60-36(30)35)14-15-29(58-10)34(33)45/h11,14-15,18,20,22-25,27,55H,1,12-13,16-17,19,21H2,2-10H3,(H,48,52)(H,49,54)/t22-,23-,25-,27+,44-/m1/s1. The number of nitrogens with one attached hydrogen (secondary N) is 2. The summed E-state index contributed by atoms with van der Waals surface area (Å²) >= 11 is 8.08. The molecule has 2 saturated carbocycles. The predicted octanol–water partition coefficient (Wildman–Crippen LogP) is 6.41. The molecule has 16 nitrogen and oxygen atoms in total. The first kappa shape index (κ1) is 46.2. The number of carbonyl (C=O) groups is 4. The van der Waals surface area contributed by atoms with E-state index in [1.54, 1.807) is 59.0 Å². The first-order valence-corrected chi connectivity index (χ1v) is 23.5. The van der Waals surface area contributed by atoms with Crippen LogP contribution >= 0.6 is 22.9 Å². The number of ether oxygens (including phenoxy) is 3. The average Bonchev–Trinajstić information content (AvgIpc) is 3.99. The SMILES string of the molecule is C=C[C@@H]1C[C@]1(NC(=O)[C@@H]1C[C@@H](Oc2cc(-c3cnc(C(C)(C)O)s3)nc3c2oc2ccc(OC)c(Cl)c23)CN1C(=O)[C@@H](CC(=O)OC(C)(C)C)C(C)(C)C)C(=O)NS(=O)(=O)C1CC1. The summed E-state index contributed by atoms with van der Waals surface area (Å²) in [5, 5.41) is 14.0. The van der Waals surface area contributed by atoms with Crippen LogP contribution in [0.4, 0.5) is 0 Å². The minimum absolute atomic E-state index is 0.0743. The molecule has 1 aliphatic heterocycles. The second-order valence-electron chi connectivity index (χ2n) is 19.2. The summed E-state index contributed by atoms with van der Waals surface area (Å²) in [6.45, 7) is 17.6. The Morgan fingerprint density at radius 2 is 1.83 bits per heavy atom. The smallest absolute Gasteiger partial charge is 0.307 e. The highest BCUT2D eigenvalue weighted by Crippen LogP contribution is 2.47. The van der Waals surface area contributed by atoms with E-state index in [9.17, 15) is 32.7 Å². The molecule has 0 radical (unpaired) electrons. The summed E-state index contributed by atoms with van der Waals surface area (Å²) < 4.78 is 52.1. The van der Waals surface area contributed by atoms with E-state index in [0.29, 0.717) is 50.7 Å². The van der Waals surface area contributed by atoms with Gasteiger partial charge < -0.3 is 34.0 Å². The molecule has 4 heterocycles. The number of likely N-dealkylation sites (tertiary alicyclic amines) is 1. The lowest BCUT2D eigenvalue weighted by molar-refractivity contribution is -0.161. The van der Waals surface area contributed by atoms with E-state index in [0.717, 1.165) is 0 Å². The molecule has 19 heteroatoms. The monoisotopic (exact) mass is 927 g/mol. The number of fused-ring (bicyclic) bond motifs is 3. The minimum atomic E-state index is -3.96. The fourth-order valence-electron chi connectivity index (χ4n) is 7.87. The maximum absolute atomic E-state index is 14.9. The Morgan fingerprint density at radius 3 is 2.40 bits per heavy atom. The molecule has 4 aromatic rings. The van der Waals surface area contributed by atoms with Crippen LogP contribution in [0, 0.1) is 17.3 Å². The highest BCUT2D eigenvalue weighted by molar-refractivity contribution is 7.91. The van der Waals surface area contributed by atoms with Gasteiger partial charge in [0, 0.05) is 24.6 Å². The van der Waals surface area contributed by atoms with Gasteiger partial charge in [0.05, 0.1) is 52.2 Å². The Hall–Kier alpha value is -4.78. The van der Waals surface area contributed by atoms with Crippen molar-refractivity contribution in [3.63, 3.8) is 0 Å². The second-order valence-corrected chi connectivity index (χ2v) is 22.6. The van der Waals surface area contributed by atoms with Crippen molar-refractivity contribution in [1.82, 2.24) is 24.9 Å². The molecule has 1 saturated heterocycles. The van der Waals surface area contributed by atoms with Crippen LogP contribution in [0.25, 0.3) is 32.6 Å². The number of amides is 3. The van der Waals surface area contributed by atoms with Crippen molar-refractivity contribution in [2.45, 2.75) is 122 Å². The summed E-state index contributed by atoms with van der Waals surface area (Å²) in [4.78, 5) is 67.8. The largest absolute Gasteiger partial charge is 0.495 e. The van der Waals surface area contributed by atoms with Crippen molar-refractivity contribution in [1.29, 1.82) is 0 Å². The van der Waals surface area contributed by atoms with E-state index in [1.165, 1.54) is 29.4 Å². The third-order valence-corrected chi connectivity index (χ3v) is 15.0. The lowest BCUT2D eigenvalue weighted by Gasteiger charge is -2.35. The minimum Gasteiger partial charge on any atom is -0.495 e. The highest BCUT2D eigenvalue weighted by Gasteiger charge is 2.62. The van der Waals surface area contributed by atoms with Crippen LogP contribution in [0.15, 0.2) is 41.5 Å². The normalized spacial score (nSPS) is 22.1. The van der Waals surface area contributed by atoms with Crippen molar-refractivity contribution >= 4 is 78.7 Å². The van der Waals surface area contributed by atoms with Gasteiger partial charge in [-0.05, 0) is 71.4 Å². The van der Waals surface area contributed by atoms with Crippen LogP contribution in [-0.2, 0) is 39.5 Å². The van der Waals surface area contributed by atoms with Crippen LogP contribution in [0.2, 0.25) is 5.02 Å². The van der Waals surface area contributed by atoms with Crippen LogP contribution < -0.4 is 19.5 Å². The third-order valence-electron chi connectivity index (χ3n) is 11.5. The number of pyridine rings is 1. The van der Waals surface area contributed by atoms with Gasteiger partial charge in [0.25, 0.3) is 5.91 Å². The molecular formula is C44H54ClN5O11S2. The molecule has 3 aliphatic rings. The van der Waals surface area contributed by atoms with E-state index in [4.69, 9.17) is 35.2 Å². The molecule has 7 rings (SSSR count). The van der Waals surface area contributed by atoms with E-state index >= 15 is 0 Å². The van der Waals surface area contributed by atoms with Crippen molar-refractivity contribution in [3.8, 4) is 22.1 Å². The highest BCUT2D eigenvalue weighted by atomic mass is 35.5. The molecular weight excluding hydrogens is 874 g/mol. The Labute approximate surface area is 375 Å². The Morgan fingerprint density at radius 1 is 1.13 bits per heavy atom. The molecule has 0 bridgehead atoms. The second kappa shape index (κ2) is 16.3. The number of sulfonamides is 1. The summed E-state index contributed by atoms with van der Waals surface area (Å²) in [5.41, 5.74) is -3.10. The molecule has 5 atom stereocenters. The number of esters is 1. The summed E-state index contributed by atoms with van der Waals surface area (Å²) in [6.07, 6.45) is 2.81. The van der Waals surface area contributed by atoms with Crippen molar-refractivity contribution in [3.05, 3.63) is 47.1 Å². The van der Waals surface area contributed by atoms with Crippen LogP contribution in [0.3, 0.4) is 0 Å². The fourth-order valence-corrected chi connectivity index (χ4v) is 10.4. The lowest BCUT2D eigenvalue weighted by Crippen LogP contribution is -2.57. The molecule has 3 aromatic heterocycles. The van der Waals surface area contributed by atoms with Gasteiger partial charge in [-0.1, -0.05) is 38.4 Å². The van der Waals surface area contributed by atoms with E-state index in [1.807, 2.05) is 20.8 Å². The number of halogens is 1. The number of methoxy groups -OCH3 is 1. The summed E-state index contributed by atoms with van der Waals surface area (Å²) in [5.74, 6) is -3.64. The van der Waals surface area contributed by atoms with Gasteiger partial charge in [0.15, 0.2) is 11.3 Å². The molecule has 3 amide bonds. The van der Waals surface area contributed by atoms with Gasteiger partial charge in [-0.3, -0.25) is 23.9 Å². The number of benzene rings is 1. The Balaban J connectivity index is 1.28. The topological polar surface area (TPSA) is 217 Å². The number of rotatable bonds is 14. The summed E-state index contributed by atoms with van der Waals surface area (Å²) in [6, 6.07) is 3.76. The maximum atomic E-state index is 14.9. The van der Waals surface area contributed by atoms with Gasteiger partial charge >= 0.3 is 5.97 Å². The summed E-state index contributed by atoms with van der Waals surface area (Å²) in [7, 11) is -2.47. The molecule has 3 N–H and O–H groups in total. The average molecular weight is 929 g/mol. The number of nitrogens with zero attached hydrogens (tertiary/aromatic N) is 3. The van der Waals surface area contributed by atoms with E-state index in [-0.39, 0.29) is 42.2 Å². The van der Waals surface area contributed by atoms with Crippen LogP contribution in [-0.4, -0.2) is 94.3 Å². The zero-order valence-electron chi connectivity index (χ0n) is 36.8. The zero-order valence-corrected chi connectivity index (χ0v) is 39.2. The fraction of sp³-hybridized carbons (Fsp3) is 0.545. The lowest BCUT2D eigenvalue weighted by atomic mass is 9.77. The van der Waals surface area contributed by atoms with Gasteiger partial charge in [0.2, 0.25) is 21.8 Å². The quantitative estimate of drug-likeness (QED) is 0.0922. The molecule has 3 fully saturated rings. The van der Waals surface area contributed by atoms with Gasteiger partial charge in [-0.15, -0.1) is 17.9 Å². The number of furan rings is 1. The number of carbonyl (C=O) groups excluding carboxylic acids is 4. The number of aliphatic hydroxyl groups is 1. The van der Waals surface area contributed by atoms with Crippen molar-refractivity contribution in [2.75, 3.05) is 13.7 Å². The van der Waals surface area contributed by atoms with E-state index < -0.39 is 85.1 Å². The molecule has 1 aromatic carbocycles. The molecule has 63 heavy (non-hydrogen) atoms. The van der Waals surface area contributed by atoms with Gasteiger partial charge in [-0.25, -0.2) is 18.4 Å². The molecule has 0 spiro atoms. The first-order chi connectivity index (χ1) is 29.3. The Bertz CT molecular complexity index is 2620. The maximum Gasteiger partial charge on any atom is 0.307 e. The van der Waals surface area contributed by atoms with Crippen LogP contribution in [0.5, 0.6) is 11.5 Å². The van der Waals surface area contributed by atoms with Gasteiger partial charge in [-0.2, -0.15) is 0 Å². The third kappa shape index (κ3) is 9.40. The van der Waals surface area contributed by atoms with E-state index in [2.05, 4.69) is 21.6 Å². The van der Waals surface area contributed by atoms with Crippen LogP contribution in [0.1, 0.15) is 92.5 Å². The zero-order chi connectivity index (χ0) is 46.2. The van der Waals surface area contributed by atoms with Crippen molar-refractivity contribution < 1.29 is 51.3 Å². The molecule has 340 valence electrons. The molecule has 0 unspecified atom stereocenters. The Kier molecular flexibility index (Phi) is 12.0. The number of hydrogen-bond donors (Lipinski definition) is 3. The van der Waals surface area contributed by atoms with Gasteiger partial charge in [0.1, 0.15) is 50.7 Å². The number of aromatic nitrogens is 2. The number of thiazole rings is 1. The first-order valence-electron chi connectivity index (χ1n) is 20.7. The van der Waals surface area contributed by atoms with Crippen molar-refractivity contribution in [2.24, 2.45) is 17.3 Å².